The van der Waals surface area contributed by atoms with Crippen LogP contribution >= 0.6 is 11.6 Å². The van der Waals surface area contributed by atoms with E-state index in [1.807, 2.05) is 0 Å². The van der Waals surface area contributed by atoms with Crippen LogP contribution in [0.3, 0.4) is 0 Å². The number of aromatic amines is 1. The van der Waals surface area contributed by atoms with Crippen molar-refractivity contribution in [2.45, 2.75) is 11.4 Å². The summed E-state index contributed by atoms with van der Waals surface area (Å²) < 4.78 is 26.4. The molecule has 27 heavy (non-hydrogen) atoms. The van der Waals surface area contributed by atoms with E-state index in [9.17, 15) is 23.3 Å². The molecule has 10 nitrogen and oxygen atoms in total. The molecule has 0 radical (unpaired) electrons. The van der Waals surface area contributed by atoms with Crippen molar-refractivity contribution in [3.05, 3.63) is 51.4 Å². The number of amides is 1. The Balaban J connectivity index is 1.76. The first-order valence-electron chi connectivity index (χ1n) is 8.02. The number of imidazole rings is 1. The van der Waals surface area contributed by atoms with Crippen LogP contribution in [0.5, 0.6) is 0 Å². The van der Waals surface area contributed by atoms with Crippen molar-refractivity contribution in [1.29, 1.82) is 0 Å². The molecule has 2 aromatic rings. The van der Waals surface area contributed by atoms with Crippen molar-refractivity contribution < 1.29 is 18.1 Å². The first-order valence-corrected chi connectivity index (χ1v) is 9.84. The monoisotopic (exact) mass is 413 g/mol. The molecule has 1 fully saturated rings. The van der Waals surface area contributed by atoms with E-state index in [0.717, 1.165) is 6.07 Å². The van der Waals surface area contributed by atoms with E-state index in [2.05, 4.69) is 9.97 Å². The van der Waals surface area contributed by atoms with Gasteiger partial charge in [0.15, 0.2) is 5.03 Å². The van der Waals surface area contributed by atoms with Crippen LogP contribution in [-0.2, 0) is 10.0 Å². The summed E-state index contributed by atoms with van der Waals surface area (Å²) in [7, 11) is -3.71. The number of nitro benzene ring substituents is 1. The Labute approximate surface area is 159 Å². The van der Waals surface area contributed by atoms with Crippen molar-refractivity contribution in [3.63, 3.8) is 0 Å². The van der Waals surface area contributed by atoms with Crippen molar-refractivity contribution in [3.8, 4) is 0 Å². The van der Waals surface area contributed by atoms with Gasteiger partial charge in [0.25, 0.3) is 21.6 Å². The molecule has 1 amide bonds. The molecule has 0 bridgehead atoms. The van der Waals surface area contributed by atoms with Gasteiger partial charge in [-0.1, -0.05) is 11.6 Å². The third-order valence-electron chi connectivity index (χ3n) is 4.22. The number of nitro groups is 1. The summed E-state index contributed by atoms with van der Waals surface area (Å²) in [5, 5.41) is 11.0. The molecule has 3 rings (SSSR count). The van der Waals surface area contributed by atoms with Gasteiger partial charge in [0, 0.05) is 37.8 Å². The Morgan fingerprint density at radius 2 is 2.04 bits per heavy atom. The third kappa shape index (κ3) is 3.94. The number of nitrogens with zero attached hydrogens (tertiary/aromatic N) is 4. The number of halogens is 1. The molecule has 1 aromatic carbocycles. The van der Waals surface area contributed by atoms with Gasteiger partial charge in [-0.25, -0.2) is 13.4 Å². The van der Waals surface area contributed by atoms with E-state index in [-0.39, 0.29) is 40.9 Å². The number of H-pyrrole nitrogens is 1. The average Bonchev–Trinajstić information content (AvgIpc) is 3.06. The maximum Gasteiger partial charge on any atom is 0.288 e. The van der Waals surface area contributed by atoms with Crippen LogP contribution in [0.25, 0.3) is 0 Å². The van der Waals surface area contributed by atoms with Gasteiger partial charge in [-0.3, -0.25) is 14.9 Å². The van der Waals surface area contributed by atoms with E-state index >= 15 is 0 Å². The van der Waals surface area contributed by atoms with Crippen LogP contribution < -0.4 is 0 Å². The number of sulfonamides is 1. The standard InChI is InChI=1S/C15H16ClN5O5S/c16-12-3-2-11(8-13(12)21(23)24)15(22)19-4-1-5-20(7-6-19)27(25,26)14-9-17-10-18-14/h2-3,8-10H,1,4-7H2,(H,17,18). The van der Waals surface area contributed by atoms with E-state index in [0.29, 0.717) is 13.0 Å². The van der Waals surface area contributed by atoms with Gasteiger partial charge in [0.05, 0.1) is 17.4 Å². The van der Waals surface area contributed by atoms with Crippen LogP contribution in [0.15, 0.2) is 35.7 Å². The Kier molecular flexibility index (Phi) is 5.44. The Hall–Kier alpha value is -2.50. The highest BCUT2D eigenvalue weighted by Gasteiger charge is 2.30. The minimum Gasteiger partial charge on any atom is -0.337 e. The molecule has 144 valence electrons. The van der Waals surface area contributed by atoms with Crippen molar-refractivity contribution in [1.82, 2.24) is 19.2 Å². The summed E-state index contributed by atoms with van der Waals surface area (Å²) in [6.07, 6.45) is 2.96. The largest absolute Gasteiger partial charge is 0.337 e. The number of nitrogens with one attached hydrogen (secondary N) is 1. The van der Waals surface area contributed by atoms with Gasteiger partial charge in [-0.2, -0.15) is 4.31 Å². The molecule has 0 aliphatic carbocycles. The Bertz CT molecular complexity index is 963. The molecule has 1 aliphatic heterocycles. The highest BCUT2D eigenvalue weighted by Crippen LogP contribution is 2.26. The molecule has 0 unspecified atom stereocenters. The van der Waals surface area contributed by atoms with Gasteiger partial charge in [-0.05, 0) is 18.6 Å². The minimum absolute atomic E-state index is 0.00407. The number of carbonyl (C=O) groups is 1. The molecule has 1 aromatic heterocycles. The topological polar surface area (TPSA) is 130 Å². The van der Waals surface area contributed by atoms with Crippen LogP contribution in [0.1, 0.15) is 16.8 Å². The summed E-state index contributed by atoms with van der Waals surface area (Å²) in [5.41, 5.74) is -0.211. The molecular weight excluding hydrogens is 398 g/mol. The predicted octanol–water partition coefficient (Wildman–Crippen LogP) is 1.51. The normalized spacial score (nSPS) is 16.1. The van der Waals surface area contributed by atoms with Crippen molar-refractivity contribution in [2.24, 2.45) is 0 Å². The fraction of sp³-hybridized carbons (Fsp3) is 0.333. The van der Waals surface area contributed by atoms with Gasteiger partial charge in [-0.15, -0.1) is 0 Å². The van der Waals surface area contributed by atoms with E-state index in [1.165, 1.54) is 33.9 Å². The summed E-state index contributed by atoms with van der Waals surface area (Å²) in [4.78, 5) is 30.8. The van der Waals surface area contributed by atoms with Gasteiger partial charge in [0.1, 0.15) is 5.02 Å². The number of benzene rings is 1. The van der Waals surface area contributed by atoms with E-state index in [1.54, 1.807) is 0 Å². The van der Waals surface area contributed by atoms with Crippen molar-refractivity contribution >= 4 is 33.2 Å². The second-order valence-corrected chi connectivity index (χ2v) is 8.20. The maximum atomic E-state index is 12.7. The lowest BCUT2D eigenvalue weighted by Crippen LogP contribution is -2.37. The Morgan fingerprint density at radius 3 is 2.70 bits per heavy atom. The number of rotatable bonds is 4. The van der Waals surface area contributed by atoms with Crippen LogP contribution in [0, 0.1) is 10.1 Å². The van der Waals surface area contributed by atoms with Crippen LogP contribution in [0.4, 0.5) is 5.69 Å². The molecule has 2 heterocycles. The van der Waals surface area contributed by atoms with Gasteiger partial charge in [0.2, 0.25) is 0 Å². The number of aromatic nitrogens is 2. The molecular formula is C15H16ClN5O5S. The van der Waals surface area contributed by atoms with Crippen LogP contribution in [0.2, 0.25) is 5.02 Å². The van der Waals surface area contributed by atoms with E-state index in [4.69, 9.17) is 11.6 Å². The molecule has 1 N–H and O–H groups in total. The maximum absolute atomic E-state index is 12.7. The zero-order valence-corrected chi connectivity index (χ0v) is 15.6. The lowest BCUT2D eigenvalue weighted by Gasteiger charge is -2.21. The first kappa shape index (κ1) is 19.3. The zero-order chi connectivity index (χ0) is 19.6. The zero-order valence-electron chi connectivity index (χ0n) is 14.0. The first-order chi connectivity index (χ1) is 12.8. The summed E-state index contributed by atoms with van der Waals surface area (Å²) >= 11 is 5.78. The Morgan fingerprint density at radius 1 is 1.26 bits per heavy atom. The predicted molar refractivity (Wildman–Crippen MR) is 96.0 cm³/mol. The average molecular weight is 414 g/mol. The molecule has 1 saturated heterocycles. The number of carbonyl (C=O) groups excluding carboxylic acids is 1. The van der Waals surface area contributed by atoms with Crippen LogP contribution in [-0.4, -0.2) is 64.6 Å². The SMILES string of the molecule is O=C(c1ccc(Cl)c([N+](=O)[O-])c1)N1CCCN(S(=O)(=O)c2cnc[nH]2)CC1. The molecule has 0 spiro atoms. The van der Waals surface area contributed by atoms with Gasteiger partial charge >= 0.3 is 0 Å². The second-order valence-electron chi connectivity index (χ2n) is 5.89. The molecule has 0 saturated carbocycles. The van der Waals surface area contributed by atoms with E-state index < -0.39 is 20.9 Å². The lowest BCUT2D eigenvalue weighted by molar-refractivity contribution is -0.384. The van der Waals surface area contributed by atoms with Gasteiger partial charge < -0.3 is 9.88 Å². The van der Waals surface area contributed by atoms with Crippen molar-refractivity contribution in [2.75, 3.05) is 26.2 Å². The smallest absolute Gasteiger partial charge is 0.288 e. The quantitative estimate of drug-likeness (QED) is 0.597. The highest BCUT2D eigenvalue weighted by molar-refractivity contribution is 7.89. The summed E-state index contributed by atoms with van der Waals surface area (Å²) in [6.45, 7) is 0.877. The fourth-order valence-corrected chi connectivity index (χ4v) is 4.38. The fourth-order valence-electron chi connectivity index (χ4n) is 2.83. The second kappa shape index (κ2) is 7.62. The lowest BCUT2D eigenvalue weighted by atomic mass is 10.1. The molecule has 12 heteroatoms. The summed E-state index contributed by atoms with van der Waals surface area (Å²) in [6, 6.07) is 3.86. The third-order valence-corrected chi connectivity index (χ3v) is 6.37. The number of hydrogen-bond donors (Lipinski definition) is 1. The molecule has 0 atom stereocenters. The molecule has 1 aliphatic rings. The summed E-state index contributed by atoms with van der Waals surface area (Å²) in [5.74, 6) is -0.407. The number of hydrogen-bond acceptors (Lipinski definition) is 6. The highest BCUT2D eigenvalue weighted by atomic mass is 35.5. The minimum atomic E-state index is -3.71.